The van der Waals surface area contributed by atoms with Crippen molar-refractivity contribution in [2.24, 2.45) is 0 Å². The summed E-state index contributed by atoms with van der Waals surface area (Å²) >= 11 is 5.98. The molecule has 2 fully saturated rings. The van der Waals surface area contributed by atoms with E-state index in [4.69, 9.17) is 11.6 Å². The van der Waals surface area contributed by atoms with Crippen LogP contribution in [0.3, 0.4) is 0 Å². The predicted octanol–water partition coefficient (Wildman–Crippen LogP) is 2.93. The topological polar surface area (TPSA) is 58.4 Å². The number of imidazole rings is 1. The van der Waals surface area contributed by atoms with Gasteiger partial charge in [-0.05, 0) is 50.3 Å². The number of aliphatic hydroxyl groups is 1. The SMILES string of the molecule is Cc1nccn1CC1(O)CCN(C(=O)C2(c3ccc(Cl)cc3)CC2)CC1. The monoisotopic (exact) mass is 373 g/mol. The molecule has 1 aliphatic carbocycles. The summed E-state index contributed by atoms with van der Waals surface area (Å²) in [6.07, 6.45) is 6.61. The number of nitrogens with zero attached hydrogens (tertiary/aromatic N) is 3. The van der Waals surface area contributed by atoms with Crippen LogP contribution in [0.5, 0.6) is 0 Å². The molecule has 2 heterocycles. The van der Waals surface area contributed by atoms with Gasteiger partial charge >= 0.3 is 0 Å². The molecule has 138 valence electrons. The lowest BCUT2D eigenvalue weighted by molar-refractivity contribution is -0.138. The number of carbonyl (C=O) groups excluding carboxylic acids is 1. The van der Waals surface area contributed by atoms with Crippen LogP contribution in [0.1, 0.15) is 37.1 Å². The Morgan fingerprint density at radius 3 is 2.38 bits per heavy atom. The van der Waals surface area contributed by atoms with Crippen molar-refractivity contribution in [3.8, 4) is 0 Å². The molecule has 4 rings (SSSR count). The molecular weight excluding hydrogens is 350 g/mol. The zero-order valence-electron chi connectivity index (χ0n) is 15.0. The lowest BCUT2D eigenvalue weighted by Gasteiger charge is -2.40. The number of benzene rings is 1. The Hall–Kier alpha value is -1.85. The van der Waals surface area contributed by atoms with E-state index in [2.05, 4.69) is 4.98 Å². The summed E-state index contributed by atoms with van der Waals surface area (Å²) in [5.74, 6) is 1.09. The minimum absolute atomic E-state index is 0.195. The fourth-order valence-electron chi connectivity index (χ4n) is 3.99. The number of likely N-dealkylation sites (tertiary alicyclic amines) is 1. The van der Waals surface area contributed by atoms with Crippen LogP contribution in [-0.4, -0.2) is 44.2 Å². The van der Waals surface area contributed by atoms with Gasteiger partial charge in [-0.3, -0.25) is 4.79 Å². The third-order valence-corrected chi connectivity index (χ3v) is 6.18. The highest BCUT2D eigenvalue weighted by Gasteiger charge is 2.53. The average molecular weight is 374 g/mol. The third kappa shape index (κ3) is 3.14. The van der Waals surface area contributed by atoms with E-state index in [1.807, 2.05) is 46.9 Å². The van der Waals surface area contributed by atoms with Gasteiger partial charge in [0.05, 0.1) is 17.6 Å². The Morgan fingerprint density at radius 1 is 1.19 bits per heavy atom. The second-order valence-electron chi connectivity index (χ2n) is 7.71. The zero-order chi connectivity index (χ0) is 18.4. The van der Waals surface area contributed by atoms with Crippen LogP contribution in [0.15, 0.2) is 36.7 Å². The van der Waals surface area contributed by atoms with E-state index in [9.17, 15) is 9.90 Å². The van der Waals surface area contributed by atoms with Crippen LogP contribution in [-0.2, 0) is 16.8 Å². The molecule has 0 bridgehead atoms. The number of hydrogen-bond acceptors (Lipinski definition) is 3. The Balaban J connectivity index is 1.42. The van der Waals surface area contributed by atoms with Gasteiger partial charge < -0.3 is 14.6 Å². The molecule has 1 aliphatic heterocycles. The fourth-order valence-corrected chi connectivity index (χ4v) is 4.12. The zero-order valence-corrected chi connectivity index (χ0v) is 15.7. The van der Waals surface area contributed by atoms with Crippen molar-refractivity contribution in [1.82, 2.24) is 14.5 Å². The van der Waals surface area contributed by atoms with Gasteiger partial charge in [0.25, 0.3) is 0 Å². The van der Waals surface area contributed by atoms with Gasteiger partial charge in [0, 0.05) is 30.5 Å². The molecule has 1 N–H and O–H groups in total. The molecule has 1 amide bonds. The first kappa shape index (κ1) is 17.6. The van der Waals surface area contributed by atoms with E-state index in [0.29, 0.717) is 37.5 Å². The molecule has 2 aliphatic rings. The van der Waals surface area contributed by atoms with Crippen LogP contribution < -0.4 is 0 Å². The Bertz CT molecular complexity index is 803. The maximum Gasteiger partial charge on any atom is 0.233 e. The smallest absolute Gasteiger partial charge is 0.233 e. The molecule has 1 aromatic heterocycles. The van der Waals surface area contributed by atoms with Gasteiger partial charge in [-0.1, -0.05) is 23.7 Å². The highest BCUT2D eigenvalue weighted by atomic mass is 35.5. The summed E-state index contributed by atoms with van der Waals surface area (Å²) in [4.78, 5) is 19.3. The number of halogens is 1. The summed E-state index contributed by atoms with van der Waals surface area (Å²) < 4.78 is 1.98. The molecule has 1 saturated heterocycles. The summed E-state index contributed by atoms with van der Waals surface area (Å²) in [5.41, 5.74) is -0.0954. The maximum atomic E-state index is 13.1. The van der Waals surface area contributed by atoms with Crippen molar-refractivity contribution in [2.45, 2.75) is 50.2 Å². The summed E-state index contributed by atoms with van der Waals surface area (Å²) in [7, 11) is 0. The predicted molar refractivity (Wildman–Crippen MR) is 100 cm³/mol. The van der Waals surface area contributed by atoms with E-state index < -0.39 is 5.60 Å². The van der Waals surface area contributed by atoms with E-state index in [-0.39, 0.29) is 11.3 Å². The van der Waals surface area contributed by atoms with Gasteiger partial charge in [0.15, 0.2) is 0 Å². The number of piperidine rings is 1. The normalized spacial score (nSPS) is 20.8. The minimum Gasteiger partial charge on any atom is -0.388 e. The van der Waals surface area contributed by atoms with Crippen LogP contribution in [0.4, 0.5) is 0 Å². The van der Waals surface area contributed by atoms with Crippen molar-refractivity contribution in [3.05, 3.63) is 53.1 Å². The molecule has 1 saturated carbocycles. The van der Waals surface area contributed by atoms with Crippen molar-refractivity contribution in [1.29, 1.82) is 0 Å². The van der Waals surface area contributed by atoms with Crippen molar-refractivity contribution < 1.29 is 9.90 Å². The number of amides is 1. The molecule has 26 heavy (non-hydrogen) atoms. The number of carbonyl (C=O) groups is 1. The molecular formula is C20H24ClN3O2. The molecule has 0 atom stereocenters. The second kappa shape index (κ2) is 6.39. The Kier molecular flexibility index (Phi) is 4.32. The highest BCUT2D eigenvalue weighted by Crippen LogP contribution is 2.50. The standard InChI is InChI=1S/C20H24ClN3O2/c1-15-22-10-13-24(15)14-19(26)8-11-23(12-9-19)18(25)20(6-7-20)16-2-4-17(21)5-3-16/h2-5,10,13,26H,6-9,11-12,14H2,1H3. The van der Waals surface area contributed by atoms with Gasteiger partial charge in [-0.25, -0.2) is 4.98 Å². The van der Waals surface area contributed by atoms with Crippen LogP contribution in [0.2, 0.25) is 5.02 Å². The lowest BCUT2D eigenvalue weighted by Crippen LogP contribution is -2.51. The number of rotatable bonds is 4. The first-order chi connectivity index (χ1) is 12.4. The molecule has 0 radical (unpaired) electrons. The second-order valence-corrected chi connectivity index (χ2v) is 8.14. The first-order valence-electron chi connectivity index (χ1n) is 9.18. The van der Waals surface area contributed by atoms with E-state index in [1.54, 1.807) is 6.20 Å². The summed E-state index contributed by atoms with van der Waals surface area (Å²) in [5, 5.41) is 11.6. The minimum atomic E-state index is -0.779. The highest BCUT2D eigenvalue weighted by molar-refractivity contribution is 6.30. The summed E-state index contributed by atoms with van der Waals surface area (Å²) in [6, 6.07) is 7.64. The Morgan fingerprint density at radius 2 is 1.85 bits per heavy atom. The van der Waals surface area contributed by atoms with Crippen LogP contribution in [0, 0.1) is 6.92 Å². The van der Waals surface area contributed by atoms with E-state index >= 15 is 0 Å². The Labute approximate surface area is 158 Å². The van der Waals surface area contributed by atoms with Crippen molar-refractivity contribution in [2.75, 3.05) is 13.1 Å². The maximum absolute atomic E-state index is 13.1. The number of hydrogen-bond donors (Lipinski definition) is 1. The van der Waals surface area contributed by atoms with Crippen molar-refractivity contribution in [3.63, 3.8) is 0 Å². The van der Waals surface area contributed by atoms with Crippen LogP contribution >= 0.6 is 11.6 Å². The van der Waals surface area contributed by atoms with Gasteiger partial charge in [0.2, 0.25) is 5.91 Å². The number of aryl methyl sites for hydroxylation is 1. The van der Waals surface area contributed by atoms with Crippen molar-refractivity contribution >= 4 is 17.5 Å². The average Bonchev–Trinajstić information content (AvgIpc) is 3.35. The van der Waals surface area contributed by atoms with E-state index in [1.165, 1.54) is 0 Å². The largest absolute Gasteiger partial charge is 0.388 e. The number of aromatic nitrogens is 2. The molecule has 5 nitrogen and oxygen atoms in total. The van der Waals surface area contributed by atoms with Gasteiger partial charge in [-0.15, -0.1) is 0 Å². The van der Waals surface area contributed by atoms with Crippen LogP contribution in [0.25, 0.3) is 0 Å². The summed E-state index contributed by atoms with van der Waals surface area (Å²) in [6.45, 7) is 3.66. The molecule has 2 aromatic rings. The lowest BCUT2D eigenvalue weighted by atomic mass is 9.88. The van der Waals surface area contributed by atoms with Gasteiger partial charge in [-0.2, -0.15) is 0 Å². The molecule has 1 aromatic carbocycles. The van der Waals surface area contributed by atoms with E-state index in [0.717, 1.165) is 24.2 Å². The molecule has 6 heteroatoms. The third-order valence-electron chi connectivity index (χ3n) is 5.93. The quantitative estimate of drug-likeness (QED) is 0.896. The van der Waals surface area contributed by atoms with Gasteiger partial charge in [0.1, 0.15) is 5.82 Å². The first-order valence-corrected chi connectivity index (χ1v) is 9.55. The fraction of sp³-hybridized carbons (Fsp3) is 0.500. The molecule has 0 spiro atoms. The molecule has 0 unspecified atom stereocenters.